The number of amides is 1. The van der Waals surface area contributed by atoms with Crippen LogP contribution in [-0.2, 0) is 0 Å². The molecule has 0 spiro atoms. The van der Waals surface area contributed by atoms with Gasteiger partial charge in [-0.2, -0.15) is 4.98 Å². The number of pyridine rings is 1. The molecule has 2 heterocycles. The van der Waals surface area contributed by atoms with Crippen molar-refractivity contribution in [3.8, 4) is 16.9 Å². The van der Waals surface area contributed by atoms with E-state index in [9.17, 15) is 18.4 Å². The van der Waals surface area contributed by atoms with Crippen LogP contribution in [0.15, 0.2) is 53.3 Å². The lowest BCUT2D eigenvalue weighted by Crippen LogP contribution is -2.39. The first-order valence-corrected chi connectivity index (χ1v) is 14.6. The van der Waals surface area contributed by atoms with Gasteiger partial charge in [0.1, 0.15) is 17.3 Å². The monoisotopic (exact) mass is 574 g/mol. The Balaban J connectivity index is 1.64. The van der Waals surface area contributed by atoms with E-state index in [4.69, 9.17) is 4.98 Å². The molecule has 0 unspecified atom stereocenters. The van der Waals surface area contributed by atoms with E-state index in [2.05, 4.69) is 34.4 Å². The molecule has 1 aliphatic rings. The normalized spacial score (nSPS) is 13.4. The largest absolute Gasteiger partial charge is 0.354 e. The van der Waals surface area contributed by atoms with Crippen molar-refractivity contribution in [3.05, 3.63) is 81.6 Å². The van der Waals surface area contributed by atoms with E-state index in [1.54, 1.807) is 18.2 Å². The number of anilines is 1. The second-order valence-corrected chi connectivity index (χ2v) is 10.6. The zero-order chi connectivity index (χ0) is 29.8. The summed E-state index contributed by atoms with van der Waals surface area (Å²) in [6, 6.07) is 11.8. The summed E-state index contributed by atoms with van der Waals surface area (Å²) in [4.78, 5) is 37.9. The molecule has 4 aromatic rings. The van der Waals surface area contributed by atoms with Gasteiger partial charge >= 0.3 is 0 Å². The number of para-hydroxylation sites is 1. The molecular weight excluding hydrogens is 538 g/mol. The number of aryl methyl sites for hydroxylation is 1. The molecule has 220 valence electrons. The van der Waals surface area contributed by atoms with Crippen LogP contribution in [0.4, 0.5) is 14.7 Å². The molecule has 0 radical (unpaired) electrons. The summed E-state index contributed by atoms with van der Waals surface area (Å²) < 4.78 is 30.9. The molecule has 1 aliphatic carbocycles. The summed E-state index contributed by atoms with van der Waals surface area (Å²) in [5, 5.41) is 6.73. The predicted molar refractivity (Wildman–Crippen MR) is 161 cm³/mol. The van der Waals surface area contributed by atoms with Crippen LogP contribution in [0.5, 0.6) is 0 Å². The fraction of sp³-hybridized carbons (Fsp3) is 0.375. The number of nitrogens with one attached hydrogen (secondary N) is 2. The lowest BCUT2D eigenvalue weighted by Gasteiger charge is -2.26. The van der Waals surface area contributed by atoms with Gasteiger partial charge in [0.05, 0.1) is 5.69 Å². The van der Waals surface area contributed by atoms with Crippen LogP contribution in [0.25, 0.3) is 28.0 Å². The van der Waals surface area contributed by atoms with E-state index >= 15 is 0 Å². The third-order valence-corrected chi connectivity index (χ3v) is 7.94. The van der Waals surface area contributed by atoms with Crippen LogP contribution in [0, 0.1) is 18.6 Å². The molecule has 2 aromatic heterocycles. The van der Waals surface area contributed by atoms with Crippen LogP contribution in [0.1, 0.15) is 55.5 Å². The SMILES string of the molecule is CCN(CC)CCCNc1nc(-c2cc(C(=O)NC3CCC3)ccc2C)c2ccc(=O)n(-c3c(F)cccc3F)c2n1. The smallest absolute Gasteiger partial charge is 0.256 e. The third kappa shape index (κ3) is 6.04. The molecule has 5 rings (SSSR count). The fourth-order valence-corrected chi connectivity index (χ4v) is 5.20. The van der Waals surface area contributed by atoms with Crippen molar-refractivity contribution >= 4 is 22.9 Å². The Bertz CT molecular complexity index is 1640. The van der Waals surface area contributed by atoms with Gasteiger partial charge in [0.25, 0.3) is 11.5 Å². The summed E-state index contributed by atoms with van der Waals surface area (Å²) in [5.74, 6) is -1.72. The summed E-state index contributed by atoms with van der Waals surface area (Å²) in [5.41, 5.74) is 1.37. The van der Waals surface area contributed by atoms with Crippen LogP contribution < -0.4 is 16.2 Å². The highest BCUT2D eigenvalue weighted by atomic mass is 19.1. The molecule has 2 N–H and O–H groups in total. The Morgan fingerprint density at radius 3 is 2.45 bits per heavy atom. The van der Waals surface area contributed by atoms with Gasteiger partial charge in [0.15, 0.2) is 5.65 Å². The summed E-state index contributed by atoms with van der Waals surface area (Å²) >= 11 is 0. The second kappa shape index (κ2) is 12.8. The molecule has 0 aliphatic heterocycles. The first-order valence-electron chi connectivity index (χ1n) is 14.6. The van der Waals surface area contributed by atoms with Crippen LogP contribution in [0.2, 0.25) is 0 Å². The highest BCUT2D eigenvalue weighted by Gasteiger charge is 2.23. The first-order chi connectivity index (χ1) is 20.3. The maximum Gasteiger partial charge on any atom is 0.256 e. The molecule has 1 amide bonds. The van der Waals surface area contributed by atoms with Gasteiger partial charge in [-0.1, -0.05) is 26.0 Å². The first kappa shape index (κ1) is 29.3. The van der Waals surface area contributed by atoms with Crippen molar-refractivity contribution in [2.24, 2.45) is 0 Å². The number of carbonyl (C=O) groups excluding carboxylic acids is 1. The molecule has 8 nitrogen and oxygen atoms in total. The summed E-state index contributed by atoms with van der Waals surface area (Å²) in [6.45, 7) is 9.44. The minimum atomic E-state index is -0.885. The Kier molecular flexibility index (Phi) is 8.91. The van der Waals surface area contributed by atoms with Gasteiger partial charge < -0.3 is 15.5 Å². The van der Waals surface area contributed by atoms with Gasteiger partial charge in [-0.15, -0.1) is 0 Å². The van der Waals surface area contributed by atoms with E-state index in [1.807, 2.05) is 13.0 Å². The number of aromatic nitrogens is 3. The fourth-order valence-electron chi connectivity index (χ4n) is 5.20. The predicted octanol–water partition coefficient (Wildman–Crippen LogP) is 5.46. The zero-order valence-electron chi connectivity index (χ0n) is 24.2. The van der Waals surface area contributed by atoms with Crippen molar-refractivity contribution < 1.29 is 13.6 Å². The number of halogens is 2. The van der Waals surface area contributed by atoms with E-state index in [1.165, 1.54) is 12.1 Å². The molecule has 0 saturated heterocycles. The number of fused-ring (bicyclic) bond motifs is 1. The van der Waals surface area contributed by atoms with Gasteiger partial charge in [-0.25, -0.2) is 13.8 Å². The van der Waals surface area contributed by atoms with Crippen molar-refractivity contribution in [2.75, 3.05) is 31.5 Å². The lowest BCUT2D eigenvalue weighted by molar-refractivity contribution is 0.0917. The Morgan fingerprint density at radius 2 is 1.79 bits per heavy atom. The number of rotatable bonds is 11. The Morgan fingerprint density at radius 1 is 1.05 bits per heavy atom. The number of carbonyl (C=O) groups is 1. The lowest BCUT2D eigenvalue weighted by atomic mass is 9.92. The van der Waals surface area contributed by atoms with Gasteiger partial charge in [0.2, 0.25) is 5.95 Å². The van der Waals surface area contributed by atoms with E-state index in [0.717, 1.165) is 67.6 Å². The maximum absolute atomic E-state index is 15.0. The average molecular weight is 575 g/mol. The molecule has 10 heteroatoms. The standard InChI is InChI=1S/C32H36F2N6O2/c1-4-39(5-2)18-8-17-35-32-37-28(24-19-21(14-13-20(24)3)31(42)36-22-9-6-10-22)23-15-16-27(41)40(30(23)38-32)29-25(33)11-7-12-26(29)34/h7,11-16,19,22H,4-6,8-10,17-18H2,1-3H3,(H,36,42)(H,35,37,38). The molecule has 1 saturated carbocycles. The van der Waals surface area contributed by atoms with Crippen molar-refractivity contribution in [2.45, 2.75) is 52.5 Å². The molecule has 0 bridgehead atoms. The second-order valence-electron chi connectivity index (χ2n) is 10.6. The zero-order valence-corrected chi connectivity index (χ0v) is 24.2. The van der Waals surface area contributed by atoms with Crippen molar-refractivity contribution in [1.82, 2.24) is 24.8 Å². The highest BCUT2D eigenvalue weighted by molar-refractivity contribution is 5.98. The topological polar surface area (TPSA) is 92.2 Å². The molecule has 2 aromatic carbocycles. The van der Waals surface area contributed by atoms with Gasteiger partial charge in [-0.05, 0) is 88.1 Å². The number of hydrogen-bond donors (Lipinski definition) is 2. The number of hydrogen-bond acceptors (Lipinski definition) is 6. The van der Waals surface area contributed by atoms with Crippen LogP contribution in [0.3, 0.4) is 0 Å². The summed E-state index contributed by atoms with van der Waals surface area (Å²) in [7, 11) is 0. The quantitative estimate of drug-likeness (QED) is 0.231. The minimum absolute atomic E-state index is 0.0615. The summed E-state index contributed by atoms with van der Waals surface area (Å²) in [6.07, 6.45) is 3.85. The van der Waals surface area contributed by atoms with E-state index in [0.29, 0.717) is 28.8 Å². The molecule has 0 atom stereocenters. The third-order valence-electron chi connectivity index (χ3n) is 7.94. The highest BCUT2D eigenvalue weighted by Crippen LogP contribution is 2.32. The van der Waals surface area contributed by atoms with Crippen molar-refractivity contribution in [3.63, 3.8) is 0 Å². The number of benzene rings is 2. The average Bonchev–Trinajstić information content (AvgIpc) is 2.95. The molecule has 1 fully saturated rings. The molecular formula is C32H36F2N6O2. The Labute approximate surface area is 243 Å². The van der Waals surface area contributed by atoms with Crippen LogP contribution in [-0.4, -0.2) is 57.6 Å². The minimum Gasteiger partial charge on any atom is -0.354 e. The Hall–Kier alpha value is -4.18. The molecule has 42 heavy (non-hydrogen) atoms. The maximum atomic E-state index is 15.0. The van der Waals surface area contributed by atoms with E-state index < -0.39 is 22.9 Å². The number of nitrogens with zero attached hydrogens (tertiary/aromatic N) is 4. The van der Waals surface area contributed by atoms with Crippen LogP contribution >= 0.6 is 0 Å². The van der Waals surface area contributed by atoms with Gasteiger partial charge in [-0.3, -0.25) is 14.2 Å². The van der Waals surface area contributed by atoms with Crippen molar-refractivity contribution in [1.29, 1.82) is 0 Å². The van der Waals surface area contributed by atoms with Gasteiger partial charge in [0, 0.05) is 35.2 Å². The van der Waals surface area contributed by atoms with E-state index in [-0.39, 0.29) is 23.5 Å².